The molecule has 2 rings (SSSR count). The summed E-state index contributed by atoms with van der Waals surface area (Å²) in [6, 6.07) is 12.4. The Kier molecular flexibility index (Phi) is 3.40. The van der Waals surface area contributed by atoms with Crippen LogP contribution in [0.2, 0.25) is 0 Å². The van der Waals surface area contributed by atoms with Crippen molar-refractivity contribution in [2.45, 2.75) is 0 Å². The van der Waals surface area contributed by atoms with Gasteiger partial charge in [0.2, 0.25) is 0 Å². The number of carbonyl (C=O) groups excluding carboxylic acids is 1. The number of rotatable bonds is 2. The van der Waals surface area contributed by atoms with Crippen molar-refractivity contribution in [1.29, 1.82) is 0 Å². The van der Waals surface area contributed by atoms with E-state index in [2.05, 4.69) is 0 Å². The van der Waals surface area contributed by atoms with Crippen molar-refractivity contribution in [3.05, 3.63) is 42.5 Å². The zero-order chi connectivity index (χ0) is 13.2. The topological polar surface area (TPSA) is 72.5 Å². The Bertz CT molecular complexity index is 699. The van der Waals surface area contributed by atoms with Gasteiger partial charge in [0.15, 0.2) is 0 Å². The second kappa shape index (κ2) is 4.83. The van der Waals surface area contributed by atoms with E-state index in [9.17, 15) is 13.2 Å². The van der Waals surface area contributed by atoms with Crippen molar-refractivity contribution < 1.29 is 17.9 Å². The molecule has 1 N–H and O–H groups in total. The quantitative estimate of drug-likeness (QED) is 0.860. The summed E-state index contributed by atoms with van der Waals surface area (Å²) in [5.41, 5.74) is 0. The van der Waals surface area contributed by atoms with E-state index in [4.69, 9.17) is 15.4 Å². The van der Waals surface area contributed by atoms with Gasteiger partial charge in [-0.2, -0.15) is 8.42 Å². The SMILES string of the molecule is O=C(NS(=O)(=O)Cl)Oc1ccc2ccccc2c1. The standard InChI is InChI=1S/C11H8ClNO4S/c12-18(15,16)13-11(14)17-10-6-5-8-3-1-2-4-9(8)7-10/h1-7H,(H,13,14). The molecule has 0 unspecified atom stereocenters. The average Bonchev–Trinajstić information content (AvgIpc) is 2.26. The van der Waals surface area contributed by atoms with Crippen molar-refractivity contribution in [2.75, 3.05) is 0 Å². The highest BCUT2D eigenvalue weighted by Gasteiger charge is 2.12. The molecule has 0 saturated carbocycles. The monoisotopic (exact) mass is 285 g/mol. The maximum absolute atomic E-state index is 11.2. The van der Waals surface area contributed by atoms with Gasteiger partial charge in [0.05, 0.1) is 0 Å². The van der Waals surface area contributed by atoms with Crippen molar-refractivity contribution in [2.24, 2.45) is 0 Å². The smallest absolute Gasteiger partial charge is 0.410 e. The number of amides is 1. The first-order valence-electron chi connectivity index (χ1n) is 4.87. The van der Waals surface area contributed by atoms with Gasteiger partial charge in [-0.15, -0.1) is 0 Å². The summed E-state index contributed by atoms with van der Waals surface area (Å²) in [7, 11) is 0.711. The Morgan fingerprint density at radius 3 is 2.44 bits per heavy atom. The molecule has 0 aliphatic rings. The van der Waals surface area contributed by atoms with Gasteiger partial charge in [0, 0.05) is 10.7 Å². The fourth-order valence-corrected chi connectivity index (χ4v) is 1.89. The Morgan fingerprint density at radius 2 is 1.78 bits per heavy atom. The molecular weight excluding hydrogens is 278 g/mol. The van der Waals surface area contributed by atoms with Crippen molar-refractivity contribution >= 4 is 36.8 Å². The van der Waals surface area contributed by atoms with Gasteiger partial charge in [-0.25, -0.2) is 9.52 Å². The normalized spacial score (nSPS) is 11.2. The molecule has 0 spiro atoms. The van der Waals surface area contributed by atoms with E-state index in [1.165, 1.54) is 4.72 Å². The summed E-state index contributed by atoms with van der Waals surface area (Å²) >= 11 is 0. The van der Waals surface area contributed by atoms with Crippen molar-refractivity contribution in [3.8, 4) is 5.75 Å². The summed E-state index contributed by atoms with van der Waals surface area (Å²) in [5.74, 6) is 0.228. The number of carbonyl (C=O) groups is 1. The van der Waals surface area contributed by atoms with Crippen LogP contribution in [0.4, 0.5) is 4.79 Å². The minimum atomic E-state index is -4.14. The van der Waals surface area contributed by atoms with Gasteiger partial charge in [-0.3, -0.25) is 0 Å². The van der Waals surface area contributed by atoms with Gasteiger partial charge >= 0.3 is 15.3 Å². The van der Waals surface area contributed by atoms with Gasteiger partial charge < -0.3 is 4.74 Å². The average molecular weight is 286 g/mol. The number of fused-ring (bicyclic) bond motifs is 1. The highest BCUT2D eigenvalue weighted by molar-refractivity contribution is 8.12. The summed E-state index contributed by atoms with van der Waals surface area (Å²) in [6.07, 6.45) is -1.15. The van der Waals surface area contributed by atoms with E-state index in [1.54, 1.807) is 18.2 Å². The second-order valence-corrected chi connectivity index (χ2v) is 5.74. The molecule has 2 aromatic rings. The molecule has 0 atom stereocenters. The van der Waals surface area contributed by atoms with E-state index in [1.807, 2.05) is 24.3 Å². The zero-order valence-electron chi connectivity index (χ0n) is 8.96. The number of halogens is 1. The lowest BCUT2D eigenvalue weighted by Crippen LogP contribution is -2.29. The number of nitrogens with one attached hydrogen (secondary N) is 1. The van der Waals surface area contributed by atoms with E-state index in [0.717, 1.165) is 10.8 Å². The van der Waals surface area contributed by atoms with Crippen LogP contribution in [0.5, 0.6) is 5.75 Å². The summed E-state index contributed by atoms with van der Waals surface area (Å²) in [6.45, 7) is 0. The molecule has 2 aromatic carbocycles. The van der Waals surface area contributed by atoms with Crippen LogP contribution in [-0.4, -0.2) is 14.5 Å². The Morgan fingerprint density at radius 1 is 1.11 bits per heavy atom. The second-order valence-electron chi connectivity index (χ2n) is 3.44. The minimum absolute atomic E-state index is 0.228. The summed E-state index contributed by atoms with van der Waals surface area (Å²) in [5, 5.41) is 1.85. The molecule has 0 saturated heterocycles. The third kappa shape index (κ3) is 3.35. The lowest BCUT2D eigenvalue weighted by atomic mass is 10.1. The van der Waals surface area contributed by atoms with Crippen LogP contribution in [0.3, 0.4) is 0 Å². The molecule has 0 aliphatic carbocycles. The van der Waals surface area contributed by atoms with Crippen LogP contribution in [-0.2, 0) is 9.24 Å². The third-order valence-electron chi connectivity index (χ3n) is 2.14. The lowest BCUT2D eigenvalue weighted by molar-refractivity contribution is 0.207. The van der Waals surface area contributed by atoms with E-state index in [0.29, 0.717) is 0 Å². The number of hydrogen-bond acceptors (Lipinski definition) is 4. The fraction of sp³-hybridized carbons (Fsp3) is 0. The molecule has 0 aliphatic heterocycles. The molecular formula is C11H8ClNO4S. The van der Waals surface area contributed by atoms with Gasteiger partial charge in [-0.05, 0) is 22.9 Å². The van der Waals surface area contributed by atoms with Crippen molar-refractivity contribution in [3.63, 3.8) is 0 Å². The van der Waals surface area contributed by atoms with Gasteiger partial charge in [0.25, 0.3) is 0 Å². The Balaban J connectivity index is 2.20. The molecule has 0 radical (unpaired) electrons. The van der Waals surface area contributed by atoms with Gasteiger partial charge in [-0.1, -0.05) is 30.3 Å². The minimum Gasteiger partial charge on any atom is -0.410 e. The Hall–Kier alpha value is -1.79. The summed E-state index contributed by atoms with van der Waals surface area (Å²) < 4.78 is 27.5. The molecule has 1 amide bonds. The highest BCUT2D eigenvalue weighted by Crippen LogP contribution is 2.20. The third-order valence-corrected chi connectivity index (χ3v) is 2.78. The molecule has 5 nitrogen and oxygen atoms in total. The number of benzene rings is 2. The predicted octanol–water partition coefficient (Wildman–Crippen LogP) is 2.41. The fourth-order valence-electron chi connectivity index (χ4n) is 1.46. The zero-order valence-corrected chi connectivity index (χ0v) is 10.5. The van der Waals surface area contributed by atoms with E-state index >= 15 is 0 Å². The van der Waals surface area contributed by atoms with Crippen LogP contribution in [0, 0.1) is 0 Å². The first-order valence-corrected chi connectivity index (χ1v) is 7.18. The largest absolute Gasteiger partial charge is 0.427 e. The predicted molar refractivity (Wildman–Crippen MR) is 67.9 cm³/mol. The molecule has 0 fully saturated rings. The lowest BCUT2D eigenvalue weighted by Gasteiger charge is -2.05. The first-order chi connectivity index (χ1) is 8.44. The van der Waals surface area contributed by atoms with E-state index < -0.39 is 15.3 Å². The molecule has 7 heteroatoms. The molecule has 0 bridgehead atoms. The molecule has 0 heterocycles. The van der Waals surface area contributed by atoms with E-state index in [-0.39, 0.29) is 5.75 Å². The molecule has 0 aromatic heterocycles. The van der Waals surface area contributed by atoms with Crippen LogP contribution in [0.1, 0.15) is 0 Å². The van der Waals surface area contributed by atoms with Crippen molar-refractivity contribution in [1.82, 2.24) is 4.72 Å². The van der Waals surface area contributed by atoms with Gasteiger partial charge in [0.1, 0.15) is 5.75 Å². The molecule has 94 valence electrons. The van der Waals surface area contributed by atoms with Crippen LogP contribution in [0.25, 0.3) is 10.8 Å². The maximum Gasteiger partial charge on any atom is 0.427 e. The van der Waals surface area contributed by atoms with Crippen LogP contribution >= 0.6 is 10.7 Å². The van der Waals surface area contributed by atoms with Crippen LogP contribution in [0.15, 0.2) is 42.5 Å². The summed E-state index contributed by atoms with van der Waals surface area (Å²) in [4.78, 5) is 11.2. The first kappa shape index (κ1) is 12.7. The number of ether oxygens (including phenoxy) is 1. The maximum atomic E-state index is 11.2. The Labute approximate surface area is 108 Å². The highest BCUT2D eigenvalue weighted by atomic mass is 35.7. The number of hydrogen-bond donors (Lipinski definition) is 1. The molecule has 18 heavy (non-hydrogen) atoms. The van der Waals surface area contributed by atoms with Crippen LogP contribution < -0.4 is 9.46 Å².